The van der Waals surface area contributed by atoms with Crippen molar-refractivity contribution in [3.05, 3.63) is 36.3 Å². The van der Waals surface area contributed by atoms with Crippen LogP contribution in [0.1, 0.15) is 18.9 Å². The third-order valence-electron chi connectivity index (χ3n) is 4.97. The van der Waals surface area contributed by atoms with E-state index in [1.54, 1.807) is 18.6 Å². The lowest BCUT2D eigenvalue weighted by atomic mass is 10.0. The summed E-state index contributed by atoms with van der Waals surface area (Å²) in [6, 6.07) is 3.73. The van der Waals surface area contributed by atoms with Crippen LogP contribution in [0.25, 0.3) is 22.0 Å². The van der Waals surface area contributed by atoms with Gasteiger partial charge in [-0.25, -0.2) is 9.97 Å². The summed E-state index contributed by atoms with van der Waals surface area (Å²) in [5.41, 5.74) is 15.1. The summed E-state index contributed by atoms with van der Waals surface area (Å²) in [7, 11) is 0. The largest absolute Gasteiger partial charge is 0.397 e. The number of aromatic nitrogens is 3. The van der Waals surface area contributed by atoms with E-state index in [-0.39, 0.29) is 11.8 Å². The Bertz CT molecular complexity index is 1030. The van der Waals surface area contributed by atoms with E-state index in [1.165, 1.54) is 0 Å². The molecule has 3 aromatic rings. The Morgan fingerprint density at radius 2 is 2.00 bits per heavy atom. The number of hydrogen-bond acceptors (Lipinski definition) is 6. The summed E-state index contributed by atoms with van der Waals surface area (Å²) in [6.07, 6.45) is 5.90. The molecule has 3 aromatic heterocycles. The van der Waals surface area contributed by atoms with Gasteiger partial charge in [0.05, 0.1) is 17.6 Å². The topological polar surface area (TPSA) is 120 Å². The number of carbonyl (C=O) groups is 1. The number of pyridine rings is 3. The molecule has 5 N–H and O–H groups in total. The number of rotatable bonds is 3. The van der Waals surface area contributed by atoms with Gasteiger partial charge in [-0.15, -0.1) is 0 Å². The van der Waals surface area contributed by atoms with Crippen molar-refractivity contribution in [2.45, 2.75) is 20.3 Å². The van der Waals surface area contributed by atoms with Crippen LogP contribution >= 0.6 is 0 Å². The van der Waals surface area contributed by atoms with Gasteiger partial charge < -0.3 is 16.8 Å². The van der Waals surface area contributed by atoms with Crippen molar-refractivity contribution in [3.8, 4) is 11.3 Å². The molecular weight excluding hydrogens is 328 g/mol. The second-order valence-electron chi connectivity index (χ2n) is 6.89. The lowest BCUT2D eigenvalue weighted by Gasteiger charge is -2.11. The summed E-state index contributed by atoms with van der Waals surface area (Å²) in [6.45, 7) is 3.99. The first-order valence-corrected chi connectivity index (χ1v) is 8.51. The first-order valence-electron chi connectivity index (χ1n) is 8.51. The number of nitrogens with zero attached hydrogens (tertiary/aromatic N) is 3. The number of carbonyl (C=O) groups excluding carboxylic acids is 1. The van der Waals surface area contributed by atoms with Crippen LogP contribution in [0.3, 0.4) is 0 Å². The second-order valence-corrected chi connectivity index (χ2v) is 6.89. The predicted molar refractivity (Wildman–Crippen MR) is 102 cm³/mol. The molecule has 1 fully saturated rings. The zero-order valence-electron chi connectivity index (χ0n) is 14.7. The maximum atomic E-state index is 12.1. The summed E-state index contributed by atoms with van der Waals surface area (Å²) in [5.74, 6) is 1.44. The molecule has 132 valence electrons. The van der Waals surface area contributed by atoms with Gasteiger partial charge in [-0.1, -0.05) is 6.92 Å². The maximum absolute atomic E-state index is 12.1. The van der Waals surface area contributed by atoms with Gasteiger partial charge in [0, 0.05) is 29.3 Å². The molecule has 0 radical (unpaired) electrons. The van der Waals surface area contributed by atoms with E-state index < -0.39 is 0 Å². The number of hydrogen-bond donors (Lipinski definition) is 3. The highest BCUT2D eigenvalue weighted by molar-refractivity contribution is 5.98. The Morgan fingerprint density at radius 3 is 2.73 bits per heavy atom. The van der Waals surface area contributed by atoms with Gasteiger partial charge in [0.1, 0.15) is 11.6 Å². The maximum Gasteiger partial charge on any atom is 0.228 e. The van der Waals surface area contributed by atoms with E-state index in [1.807, 2.05) is 19.1 Å². The molecule has 0 aliphatic heterocycles. The number of fused-ring (bicyclic) bond motifs is 1. The Hall–Kier alpha value is -3.22. The predicted octanol–water partition coefficient (Wildman–Crippen LogP) is 2.76. The molecule has 0 saturated heterocycles. The fraction of sp³-hybridized carbons (Fsp3) is 0.263. The van der Waals surface area contributed by atoms with Gasteiger partial charge in [0.15, 0.2) is 0 Å². The highest BCUT2D eigenvalue weighted by atomic mass is 16.2. The van der Waals surface area contributed by atoms with Gasteiger partial charge >= 0.3 is 0 Å². The quantitative estimate of drug-likeness (QED) is 0.669. The van der Waals surface area contributed by atoms with Gasteiger partial charge in [-0.3, -0.25) is 9.78 Å². The molecule has 1 aliphatic rings. The van der Waals surface area contributed by atoms with Crippen molar-refractivity contribution in [1.29, 1.82) is 0 Å². The van der Waals surface area contributed by atoms with E-state index in [2.05, 4.69) is 27.2 Å². The minimum atomic E-state index is 0.0162. The molecule has 7 nitrogen and oxygen atoms in total. The molecule has 0 aromatic carbocycles. The molecule has 26 heavy (non-hydrogen) atoms. The summed E-state index contributed by atoms with van der Waals surface area (Å²) < 4.78 is 0. The third-order valence-corrected chi connectivity index (χ3v) is 4.97. The lowest BCUT2D eigenvalue weighted by Crippen LogP contribution is -2.15. The smallest absolute Gasteiger partial charge is 0.228 e. The van der Waals surface area contributed by atoms with Crippen molar-refractivity contribution in [2.24, 2.45) is 11.8 Å². The fourth-order valence-electron chi connectivity index (χ4n) is 3.09. The van der Waals surface area contributed by atoms with Crippen molar-refractivity contribution >= 4 is 34.0 Å². The molecule has 1 amide bonds. The molecule has 1 unspecified atom stereocenters. The van der Waals surface area contributed by atoms with Crippen LogP contribution < -0.4 is 16.8 Å². The van der Waals surface area contributed by atoms with Gasteiger partial charge in [-0.2, -0.15) is 0 Å². The van der Waals surface area contributed by atoms with Crippen LogP contribution in [-0.4, -0.2) is 20.9 Å². The number of nitrogens with one attached hydrogen (secondary N) is 1. The molecule has 7 heteroatoms. The first kappa shape index (κ1) is 16.3. The van der Waals surface area contributed by atoms with Gasteiger partial charge in [0.25, 0.3) is 0 Å². The Balaban J connectivity index is 1.74. The zero-order chi connectivity index (χ0) is 18.4. The highest BCUT2D eigenvalue weighted by Crippen LogP contribution is 2.38. The van der Waals surface area contributed by atoms with Crippen molar-refractivity contribution in [2.75, 3.05) is 16.8 Å². The van der Waals surface area contributed by atoms with Crippen molar-refractivity contribution in [1.82, 2.24) is 15.0 Å². The highest BCUT2D eigenvalue weighted by Gasteiger charge is 2.39. The standard InChI is InChI=1S/C19H20N6O/c1-9-3-12(9)19(26)25-17-5-11-4-16(24-18(21)14(11)7-23-17)13-6-22-8-15(20)10(13)2/h4-9,12H,3,20H2,1-2H3,(H2,21,24)(H,23,25,26)/t9-,12?/m1/s1. The summed E-state index contributed by atoms with van der Waals surface area (Å²) >= 11 is 0. The molecule has 1 saturated carbocycles. The Morgan fingerprint density at radius 1 is 1.23 bits per heavy atom. The monoisotopic (exact) mass is 348 g/mol. The number of nitrogen functional groups attached to an aromatic ring is 2. The van der Waals surface area contributed by atoms with E-state index in [4.69, 9.17) is 11.5 Å². The van der Waals surface area contributed by atoms with E-state index in [0.29, 0.717) is 28.9 Å². The molecule has 2 atom stereocenters. The Kier molecular flexibility index (Phi) is 3.72. The van der Waals surface area contributed by atoms with E-state index in [0.717, 1.165) is 28.3 Å². The molecule has 3 heterocycles. The molecule has 0 bridgehead atoms. The third kappa shape index (κ3) is 2.81. The number of nitrogens with two attached hydrogens (primary N) is 2. The molecule has 1 aliphatic carbocycles. The Labute approximate surface area is 150 Å². The summed E-state index contributed by atoms with van der Waals surface area (Å²) in [4.78, 5) is 25.1. The van der Waals surface area contributed by atoms with Gasteiger partial charge in [-0.05, 0) is 42.3 Å². The van der Waals surface area contributed by atoms with Crippen LogP contribution in [0.2, 0.25) is 0 Å². The molecular formula is C19H20N6O. The van der Waals surface area contributed by atoms with Crippen LogP contribution in [-0.2, 0) is 4.79 Å². The van der Waals surface area contributed by atoms with Crippen molar-refractivity contribution in [3.63, 3.8) is 0 Å². The van der Waals surface area contributed by atoms with E-state index in [9.17, 15) is 4.79 Å². The second kappa shape index (κ2) is 5.94. The normalized spacial score (nSPS) is 18.7. The van der Waals surface area contributed by atoms with Gasteiger partial charge in [0.2, 0.25) is 5.91 Å². The average Bonchev–Trinajstić information content (AvgIpc) is 3.34. The number of anilines is 3. The minimum absolute atomic E-state index is 0.0162. The van der Waals surface area contributed by atoms with Crippen molar-refractivity contribution < 1.29 is 4.79 Å². The number of amides is 1. The van der Waals surface area contributed by atoms with E-state index >= 15 is 0 Å². The lowest BCUT2D eigenvalue weighted by molar-refractivity contribution is -0.117. The van der Waals surface area contributed by atoms with Crippen LogP contribution in [0.5, 0.6) is 0 Å². The fourth-order valence-corrected chi connectivity index (χ4v) is 3.09. The van der Waals surface area contributed by atoms with Crippen LogP contribution in [0.15, 0.2) is 30.7 Å². The SMILES string of the molecule is Cc1c(N)cncc1-c1cc2cc(NC(=O)C3C[C@H]3C)ncc2c(N)n1. The molecule has 0 spiro atoms. The van der Waals surface area contributed by atoms with Crippen LogP contribution in [0.4, 0.5) is 17.3 Å². The van der Waals surface area contributed by atoms with Crippen LogP contribution in [0, 0.1) is 18.8 Å². The minimum Gasteiger partial charge on any atom is -0.397 e. The summed E-state index contributed by atoms with van der Waals surface area (Å²) in [5, 5.41) is 4.47. The molecule has 4 rings (SSSR count). The first-order chi connectivity index (χ1) is 12.4. The average molecular weight is 348 g/mol. The zero-order valence-corrected chi connectivity index (χ0v) is 14.7.